The first kappa shape index (κ1) is 13.8. The first-order valence-corrected chi connectivity index (χ1v) is 7.82. The molecule has 4 nitrogen and oxygen atoms in total. The average Bonchev–Trinajstić information content (AvgIpc) is 3.30. The summed E-state index contributed by atoms with van der Waals surface area (Å²) in [5, 5.41) is 3.61. The normalized spacial score (nSPS) is 23.4. The summed E-state index contributed by atoms with van der Waals surface area (Å²) in [5.41, 5.74) is 1.35. The Bertz CT molecular complexity index is 442. The zero-order chi connectivity index (χ0) is 13.9. The molecule has 1 atom stereocenters. The van der Waals surface area contributed by atoms with E-state index in [2.05, 4.69) is 46.3 Å². The van der Waals surface area contributed by atoms with E-state index in [0.717, 1.165) is 25.7 Å². The molecule has 2 heterocycles. The molecule has 1 N–H and O–H groups in total. The monoisotopic (exact) mass is 274 g/mol. The van der Waals surface area contributed by atoms with Crippen molar-refractivity contribution in [3.05, 3.63) is 23.9 Å². The van der Waals surface area contributed by atoms with Gasteiger partial charge in [0.15, 0.2) is 0 Å². The number of likely N-dealkylation sites (N-methyl/N-ethyl adjacent to an activating group) is 1. The van der Waals surface area contributed by atoms with Crippen LogP contribution in [0.3, 0.4) is 0 Å². The SMILES string of the molecule is CN(C)C1CCCN(c2ncccc2CNC2CC2)C1. The van der Waals surface area contributed by atoms with E-state index in [1.54, 1.807) is 0 Å². The molecule has 2 fully saturated rings. The van der Waals surface area contributed by atoms with Crippen molar-refractivity contribution in [1.82, 2.24) is 15.2 Å². The highest BCUT2D eigenvalue weighted by Crippen LogP contribution is 2.25. The first-order chi connectivity index (χ1) is 9.74. The molecule has 0 aromatic carbocycles. The summed E-state index contributed by atoms with van der Waals surface area (Å²) in [6, 6.07) is 5.67. The summed E-state index contributed by atoms with van der Waals surface area (Å²) in [5.74, 6) is 1.19. The predicted octanol–water partition coefficient (Wildman–Crippen LogP) is 1.86. The Labute approximate surface area is 122 Å². The van der Waals surface area contributed by atoms with Crippen LogP contribution in [0, 0.1) is 0 Å². The zero-order valence-corrected chi connectivity index (χ0v) is 12.7. The number of pyridine rings is 1. The molecule has 1 aromatic rings. The summed E-state index contributed by atoms with van der Waals surface area (Å²) >= 11 is 0. The summed E-state index contributed by atoms with van der Waals surface area (Å²) in [6.45, 7) is 3.19. The molecule has 1 aliphatic heterocycles. The molecule has 1 saturated heterocycles. The van der Waals surface area contributed by atoms with Crippen molar-refractivity contribution in [1.29, 1.82) is 0 Å². The fraction of sp³-hybridized carbons (Fsp3) is 0.688. The van der Waals surface area contributed by atoms with Crippen LogP contribution in [0.15, 0.2) is 18.3 Å². The van der Waals surface area contributed by atoms with E-state index in [0.29, 0.717) is 6.04 Å². The van der Waals surface area contributed by atoms with Crippen molar-refractivity contribution in [2.24, 2.45) is 0 Å². The Morgan fingerprint density at radius 2 is 2.20 bits per heavy atom. The molecule has 4 heteroatoms. The quantitative estimate of drug-likeness (QED) is 0.888. The fourth-order valence-electron chi connectivity index (χ4n) is 2.96. The minimum Gasteiger partial charge on any atom is -0.355 e. The van der Waals surface area contributed by atoms with Gasteiger partial charge in [-0.1, -0.05) is 6.07 Å². The van der Waals surface area contributed by atoms with E-state index in [1.807, 2.05) is 6.20 Å². The van der Waals surface area contributed by atoms with E-state index in [1.165, 1.54) is 37.1 Å². The molecule has 1 aliphatic carbocycles. The zero-order valence-electron chi connectivity index (χ0n) is 12.7. The van der Waals surface area contributed by atoms with Crippen LogP contribution in [0.25, 0.3) is 0 Å². The molecule has 20 heavy (non-hydrogen) atoms. The van der Waals surface area contributed by atoms with Crippen LogP contribution in [-0.4, -0.2) is 49.2 Å². The summed E-state index contributed by atoms with van der Waals surface area (Å²) in [4.78, 5) is 9.48. The van der Waals surface area contributed by atoms with Crippen LogP contribution < -0.4 is 10.2 Å². The smallest absolute Gasteiger partial charge is 0.133 e. The highest BCUT2D eigenvalue weighted by atomic mass is 15.2. The number of hydrogen-bond donors (Lipinski definition) is 1. The van der Waals surface area contributed by atoms with Gasteiger partial charge in [0.05, 0.1) is 0 Å². The number of anilines is 1. The van der Waals surface area contributed by atoms with E-state index < -0.39 is 0 Å². The second-order valence-corrected chi connectivity index (χ2v) is 6.35. The van der Waals surface area contributed by atoms with Gasteiger partial charge in [-0.05, 0) is 45.8 Å². The molecule has 1 saturated carbocycles. The van der Waals surface area contributed by atoms with Crippen molar-refractivity contribution >= 4 is 5.82 Å². The Morgan fingerprint density at radius 1 is 1.35 bits per heavy atom. The van der Waals surface area contributed by atoms with Crippen LogP contribution in [0.1, 0.15) is 31.2 Å². The third-order valence-corrected chi connectivity index (χ3v) is 4.45. The highest BCUT2D eigenvalue weighted by Gasteiger charge is 2.25. The van der Waals surface area contributed by atoms with Gasteiger partial charge in [0.25, 0.3) is 0 Å². The van der Waals surface area contributed by atoms with Gasteiger partial charge >= 0.3 is 0 Å². The molecule has 0 spiro atoms. The second-order valence-electron chi connectivity index (χ2n) is 6.35. The van der Waals surface area contributed by atoms with Gasteiger partial charge in [-0.2, -0.15) is 0 Å². The molecular formula is C16H26N4. The maximum Gasteiger partial charge on any atom is 0.133 e. The molecule has 3 rings (SSSR count). The first-order valence-electron chi connectivity index (χ1n) is 7.82. The van der Waals surface area contributed by atoms with E-state index >= 15 is 0 Å². The molecule has 1 unspecified atom stereocenters. The largest absolute Gasteiger partial charge is 0.355 e. The van der Waals surface area contributed by atoms with Crippen LogP contribution in [0.2, 0.25) is 0 Å². The van der Waals surface area contributed by atoms with Crippen molar-refractivity contribution in [2.75, 3.05) is 32.1 Å². The lowest BCUT2D eigenvalue weighted by Gasteiger charge is -2.37. The highest BCUT2D eigenvalue weighted by molar-refractivity contribution is 5.47. The number of rotatable bonds is 5. The van der Waals surface area contributed by atoms with Crippen LogP contribution in [0.5, 0.6) is 0 Å². The van der Waals surface area contributed by atoms with Gasteiger partial charge in [0.2, 0.25) is 0 Å². The Hall–Kier alpha value is -1.13. The lowest BCUT2D eigenvalue weighted by molar-refractivity contribution is 0.257. The molecule has 1 aromatic heterocycles. The number of piperidine rings is 1. The van der Waals surface area contributed by atoms with Gasteiger partial charge in [-0.25, -0.2) is 4.98 Å². The maximum absolute atomic E-state index is 4.66. The molecule has 2 aliphatic rings. The minimum absolute atomic E-state index is 0.648. The van der Waals surface area contributed by atoms with Gasteiger partial charge in [0.1, 0.15) is 5.82 Å². The molecular weight excluding hydrogens is 248 g/mol. The van der Waals surface area contributed by atoms with Gasteiger partial charge < -0.3 is 15.1 Å². The third kappa shape index (κ3) is 3.30. The minimum atomic E-state index is 0.648. The third-order valence-electron chi connectivity index (χ3n) is 4.45. The van der Waals surface area contributed by atoms with Gasteiger partial charge in [-0.15, -0.1) is 0 Å². The summed E-state index contributed by atoms with van der Waals surface area (Å²) in [7, 11) is 4.37. The lowest BCUT2D eigenvalue weighted by atomic mass is 10.0. The van der Waals surface area contributed by atoms with Crippen molar-refractivity contribution in [3.63, 3.8) is 0 Å². The summed E-state index contributed by atoms with van der Waals surface area (Å²) < 4.78 is 0. The van der Waals surface area contributed by atoms with E-state index in [4.69, 9.17) is 0 Å². The Balaban J connectivity index is 1.71. The van der Waals surface area contributed by atoms with Crippen molar-refractivity contribution in [3.8, 4) is 0 Å². The Morgan fingerprint density at radius 3 is 2.95 bits per heavy atom. The number of nitrogens with zero attached hydrogens (tertiary/aromatic N) is 3. The van der Waals surface area contributed by atoms with Crippen LogP contribution in [0.4, 0.5) is 5.82 Å². The molecule has 0 radical (unpaired) electrons. The van der Waals surface area contributed by atoms with Crippen molar-refractivity contribution in [2.45, 2.75) is 44.3 Å². The van der Waals surface area contributed by atoms with Crippen molar-refractivity contribution < 1.29 is 0 Å². The second kappa shape index (κ2) is 6.10. The molecule has 0 bridgehead atoms. The number of hydrogen-bond acceptors (Lipinski definition) is 4. The average molecular weight is 274 g/mol. The van der Waals surface area contributed by atoms with Crippen LogP contribution >= 0.6 is 0 Å². The Kier molecular flexibility index (Phi) is 4.22. The fourth-order valence-corrected chi connectivity index (χ4v) is 2.96. The molecule has 0 amide bonds. The number of nitrogens with one attached hydrogen (secondary N) is 1. The molecule has 110 valence electrons. The topological polar surface area (TPSA) is 31.4 Å². The number of aromatic nitrogens is 1. The van der Waals surface area contributed by atoms with Crippen LogP contribution in [-0.2, 0) is 6.54 Å². The van der Waals surface area contributed by atoms with E-state index in [9.17, 15) is 0 Å². The maximum atomic E-state index is 4.66. The summed E-state index contributed by atoms with van der Waals surface area (Å²) in [6.07, 6.45) is 7.15. The predicted molar refractivity (Wildman–Crippen MR) is 83.0 cm³/mol. The van der Waals surface area contributed by atoms with E-state index in [-0.39, 0.29) is 0 Å². The van der Waals surface area contributed by atoms with Gasteiger partial charge in [-0.3, -0.25) is 0 Å². The van der Waals surface area contributed by atoms with Gasteiger partial charge in [0, 0.05) is 43.5 Å². The lowest BCUT2D eigenvalue weighted by Crippen LogP contribution is -2.45. The standard InChI is InChI=1S/C16H26N4/c1-19(2)15-6-4-10-20(12-15)16-13(5-3-9-17-16)11-18-14-7-8-14/h3,5,9,14-15,18H,4,6-8,10-12H2,1-2H3.